The predicted molar refractivity (Wildman–Crippen MR) is 106 cm³/mol. The van der Waals surface area contributed by atoms with E-state index in [1.54, 1.807) is 20.1 Å². The number of aromatic nitrogens is 2. The molecule has 30 heavy (non-hydrogen) atoms. The van der Waals surface area contributed by atoms with Gasteiger partial charge in [-0.3, -0.25) is 4.79 Å². The number of methoxy groups -OCH3 is 1. The quantitative estimate of drug-likeness (QED) is 0.566. The number of amides is 1. The highest BCUT2D eigenvalue weighted by atomic mass is 32.1. The van der Waals surface area contributed by atoms with E-state index < -0.39 is 12.8 Å². The number of halogens is 3. The van der Waals surface area contributed by atoms with Crippen molar-refractivity contribution in [2.24, 2.45) is 5.92 Å². The highest BCUT2D eigenvalue weighted by molar-refractivity contribution is 7.13. The normalized spacial score (nSPS) is 19.5. The van der Waals surface area contributed by atoms with Crippen LogP contribution >= 0.6 is 11.3 Å². The first-order valence-corrected chi connectivity index (χ1v) is 10.2. The van der Waals surface area contributed by atoms with Crippen molar-refractivity contribution in [1.82, 2.24) is 15.3 Å². The Morgan fingerprint density at radius 1 is 1.37 bits per heavy atom. The van der Waals surface area contributed by atoms with Gasteiger partial charge in [0.25, 0.3) is 0 Å². The zero-order valence-corrected chi connectivity index (χ0v) is 17.1. The van der Waals surface area contributed by atoms with Crippen molar-refractivity contribution in [3.8, 4) is 10.8 Å². The molecule has 1 aliphatic carbocycles. The van der Waals surface area contributed by atoms with Crippen LogP contribution in [0, 0.1) is 5.92 Å². The van der Waals surface area contributed by atoms with Gasteiger partial charge in [-0.25, -0.2) is 4.98 Å². The molecule has 10 heteroatoms. The maximum Gasteiger partial charge on any atom is 0.422 e. The minimum absolute atomic E-state index is 0.0182. The Kier molecular flexibility index (Phi) is 5.35. The molecule has 3 aromatic rings. The summed E-state index contributed by atoms with van der Waals surface area (Å²) in [6.45, 7) is 0.461. The van der Waals surface area contributed by atoms with Crippen molar-refractivity contribution in [2.45, 2.75) is 31.5 Å². The van der Waals surface area contributed by atoms with E-state index in [0.717, 1.165) is 33.1 Å². The van der Waals surface area contributed by atoms with Crippen LogP contribution in [0.15, 0.2) is 30.3 Å². The maximum atomic E-state index is 12.6. The second kappa shape index (κ2) is 7.82. The number of hydrogen-bond acceptors (Lipinski definition) is 5. The number of rotatable bonds is 7. The van der Waals surface area contributed by atoms with Crippen molar-refractivity contribution in [3.63, 3.8) is 0 Å². The third kappa shape index (κ3) is 4.53. The SMILES string of the molecule is COc1ccc2[nH]c([C@H]3C[C@@H]3C(=O)N[C@H](C)c3ccc(OCC(F)(F)F)s3)nc2c1. The van der Waals surface area contributed by atoms with E-state index in [1.807, 2.05) is 18.2 Å². The van der Waals surface area contributed by atoms with Crippen molar-refractivity contribution in [2.75, 3.05) is 13.7 Å². The number of hydrogen-bond donors (Lipinski definition) is 2. The second-order valence-electron chi connectivity index (χ2n) is 7.24. The van der Waals surface area contributed by atoms with Gasteiger partial charge >= 0.3 is 6.18 Å². The van der Waals surface area contributed by atoms with Gasteiger partial charge < -0.3 is 19.8 Å². The number of carbonyl (C=O) groups excluding carboxylic acids is 1. The molecule has 0 spiro atoms. The van der Waals surface area contributed by atoms with Gasteiger partial charge in [0, 0.05) is 22.8 Å². The number of fused-ring (bicyclic) bond motifs is 1. The maximum absolute atomic E-state index is 12.6. The fourth-order valence-electron chi connectivity index (χ4n) is 3.28. The molecule has 0 bridgehead atoms. The smallest absolute Gasteiger partial charge is 0.422 e. The summed E-state index contributed by atoms with van der Waals surface area (Å²) in [7, 11) is 1.59. The lowest BCUT2D eigenvalue weighted by Crippen LogP contribution is -2.28. The summed E-state index contributed by atoms with van der Waals surface area (Å²) in [5.41, 5.74) is 1.67. The van der Waals surface area contributed by atoms with Gasteiger partial charge in [-0.1, -0.05) is 0 Å². The molecule has 2 heterocycles. The number of imidazole rings is 1. The van der Waals surface area contributed by atoms with Gasteiger partial charge in [0.15, 0.2) is 11.7 Å². The molecule has 1 aliphatic rings. The van der Waals surface area contributed by atoms with E-state index in [2.05, 4.69) is 15.3 Å². The number of nitrogens with zero attached hydrogens (tertiary/aromatic N) is 1. The first kappa shape index (κ1) is 20.5. The molecule has 3 atom stereocenters. The van der Waals surface area contributed by atoms with Crippen LogP contribution in [0.2, 0.25) is 0 Å². The highest BCUT2D eigenvalue weighted by Gasteiger charge is 2.46. The highest BCUT2D eigenvalue weighted by Crippen LogP contribution is 2.47. The van der Waals surface area contributed by atoms with Gasteiger partial charge in [-0.15, -0.1) is 11.3 Å². The van der Waals surface area contributed by atoms with E-state index in [0.29, 0.717) is 12.2 Å². The lowest BCUT2D eigenvalue weighted by molar-refractivity contribution is -0.152. The standard InChI is InChI=1S/C20H20F3N3O3S/c1-10(16-5-6-17(30-16)29-9-20(21,22)23)24-19(27)13-8-12(13)18-25-14-4-3-11(28-2)7-15(14)26-18/h3-7,10,12-13H,8-9H2,1-2H3,(H,24,27)(H,25,26)/t10-,12+,13+/m1/s1. The predicted octanol–water partition coefficient (Wildman–Crippen LogP) is 4.56. The van der Waals surface area contributed by atoms with Gasteiger partial charge in [0.05, 0.1) is 24.2 Å². The summed E-state index contributed by atoms with van der Waals surface area (Å²) in [6, 6.07) is 8.39. The zero-order chi connectivity index (χ0) is 21.5. The van der Waals surface area contributed by atoms with Gasteiger partial charge in [0.2, 0.25) is 5.91 Å². The topological polar surface area (TPSA) is 76.2 Å². The summed E-state index contributed by atoms with van der Waals surface area (Å²) in [6.07, 6.45) is -3.69. The third-order valence-electron chi connectivity index (χ3n) is 4.95. The van der Waals surface area contributed by atoms with E-state index in [9.17, 15) is 18.0 Å². The molecule has 1 amide bonds. The minimum Gasteiger partial charge on any atom is -0.497 e. The Morgan fingerprint density at radius 3 is 2.90 bits per heavy atom. The largest absolute Gasteiger partial charge is 0.497 e. The number of nitrogens with one attached hydrogen (secondary N) is 2. The number of benzene rings is 1. The fourth-order valence-corrected chi connectivity index (χ4v) is 4.14. The first-order valence-electron chi connectivity index (χ1n) is 9.37. The molecule has 0 unspecified atom stereocenters. The molecule has 0 radical (unpaired) electrons. The number of alkyl halides is 3. The second-order valence-corrected chi connectivity index (χ2v) is 8.32. The van der Waals surface area contributed by atoms with Crippen LogP contribution in [0.5, 0.6) is 10.8 Å². The van der Waals surface area contributed by atoms with Crippen molar-refractivity contribution in [1.29, 1.82) is 0 Å². The van der Waals surface area contributed by atoms with Gasteiger partial charge in [-0.2, -0.15) is 13.2 Å². The first-order chi connectivity index (χ1) is 14.2. The van der Waals surface area contributed by atoms with Crippen LogP contribution in [0.3, 0.4) is 0 Å². The van der Waals surface area contributed by atoms with Crippen molar-refractivity contribution < 1.29 is 27.4 Å². The lowest BCUT2D eigenvalue weighted by atomic mass is 10.2. The summed E-state index contributed by atoms with van der Waals surface area (Å²) in [4.78, 5) is 21.2. The summed E-state index contributed by atoms with van der Waals surface area (Å²) >= 11 is 1.09. The number of carbonyl (C=O) groups is 1. The fraction of sp³-hybridized carbons (Fsp3) is 0.400. The van der Waals surface area contributed by atoms with Crippen LogP contribution in [0.1, 0.15) is 36.0 Å². The Bertz CT molecular complexity index is 1060. The molecule has 1 aromatic carbocycles. The van der Waals surface area contributed by atoms with Crippen LogP contribution < -0.4 is 14.8 Å². The molecule has 1 fully saturated rings. The summed E-state index contributed by atoms with van der Waals surface area (Å²) < 4.78 is 46.7. The van der Waals surface area contributed by atoms with E-state index in [1.165, 1.54) is 6.07 Å². The average molecular weight is 439 g/mol. The Labute approximate surface area is 174 Å². The summed E-state index contributed by atoms with van der Waals surface area (Å²) in [5.74, 6) is 1.22. The molecule has 0 saturated heterocycles. The van der Waals surface area contributed by atoms with Crippen LogP contribution in [-0.2, 0) is 4.79 Å². The summed E-state index contributed by atoms with van der Waals surface area (Å²) in [5, 5.41) is 3.10. The van der Waals surface area contributed by atoms with Crippen molar-refractivity contribution >= 4 is 28.3 Å². The van der Waals surface area contributed by atoms with Crippen LogP contribution in [-0.4, -0.2) is 35.8 Å². The monoisotopic (exact) mass is 439 g/mol. The molecule has 2 N–H and O–H groups in total. The average Bonchev–Trinajstić information content (AvgIpc) is 3.16. The Morgan fingerprint density at radius 2 is 2.17 bits per heavy atom. The Hall–Kier alpha value is -2.75. The number of thiophene rings is 1. The Balaban J connectivity index is 1.34. The van der Waals surface area contributed by atoms with Gasteiger partial charge in [-0.05, 0) is 37.6 Å². The number of aromatic amines is 1. The lowest BCUT2D eigenvalue weighted by Gasteiger charge is -2.12. The molecular weight excluding hydrogens is 419 g/mol. The van der Waals surface area contributed by atoms with Crippen LogP contribution in [0.25, 0.3) is 11.0 Å². The zero-order valence-electron chi connectivity index (χ0n) is 16.2. The number of ether oxygens (including phenoxy) is 2. The van der Waals surface area contributed by atoms with E-state index >= 15 is 0 Å². The van der Waals surface area contributed by atoms with Crippen LogP contribution in [0.4, 0.5) is 13.2 Å². The minimum atomic E-state index is -4.38. The van der Waals surface area contributed by atoms with Crippen molar-refractivity contribution in [3.05, 3.63) is 41.0 Å². The molecule has 4 rings (SSSR count). The number of H-pyrrole nitrogens is 1. The molecule has 160 valence electrons. The van der Waals surface area contributed by atoms with E-state index in [4.69, 9.17) is 9.47 Å². The molecule has 2 aromatic heterocycles. The molecular formula is C20H20F3N3O3S. The third-order valence-corrected chi connectivity index (χ3v) is 6.13. The molecule has 6 nitrogen and oxygen atoms in total. The van der Waals surface area contributed by atoms with E-state index in [-0.39, 0.29) is 28.8 Å². The molecule has 1 saturated carbocycles. The van der Waals surface area contributed by atoms with Gasteiger partial charge in [0.1, 0.15) is 11.6 Å². The molecule has 0 aliphatic heterocycles.